The molecule has 5 nitrogen and oxygen atoms in total. The van der Waals surface area contributed by atoms with Gasteiger partial charge in [0.1, 0.15) is 0 Å². The Kier molecular flexibility index (Phi) is 8.34. The first-order valence-electron chi connectivity index (χ1n) is 10.7. The van der Waals surface area contributed by atoms with Crippen LogP contribution >= 0.6 is 0 Å². The number of nitrogens with zero attached hydrogens (tertiary/aromatic N) is 1. The van der Waals surface area contributed by atoms with Crippen molar-refractivity contribution in [2.75, 3.05) is 19.7 Å². The van der Waals surface area contributed by atoms with Crippen molar-refractivity contribution in [3.05, 3.63) is 35.4 Å². The first kappa shape index (κ1) is 22.3. The van der Waals surface area contributed by atoms with Crippen molar-refractivity contribution in [3.63, 3.8) is 0 Å². The van der Waals surface area contributed by atoms with Crippen LogP contribution in [0, 0.1) is 11.8 Å². The van der Waals surface area contributed by atoms with Crippen molar-refractivity contribution in [3.8, 4) is 0 Å². The Morgan fingerprint density at radius 3 is 2.14 bits per heavy atom. The van der Waals surface area contributed by atoms with Crippen molar-refractivity contribution >= 4 is 12.0 Å². The third-order valence-corrected chi connectivity index (χ3v) is 5.83. The van der Waals surface area contributed by atoms with Gasteiger partial charge in [0.2, 0.25) is 5.91 Å². The molecule has 0 saturated carbocycles. The minimum atomic E-state index is -0.275. The highest BCUT2D eigenvalue weighted by Crippen LogP contribution is 2.27. The van der Waals surface area contributed by atoms with Gasteiger partial charge in [-0.3, -0.25) is 4.79 Å². The van der Waals surface area contributed by atoms with Gasteiger partial charge in [-0.15, -0.1) is 0 Å². The second-order valence-electron chi connectivity index (χ2n) is 8.17. The molecule has 2 unspecified atom stereocenters. The summed E-state index contributed by atoms with van der Waals surface area (Å²) >= 11 is 0. The quantitative estimate of drug-likeness (QED) is 0.724. The van der Waals surface area contributed by atoms with Crippen molar-refractivity contribution in [2.45, 2.75) is 65.8 Å². The lowest BCUT2D eigenvalue weighted by Gasteiger charge is -2.32. The van der Waals surface area contributed by atoms with Gasteiger partial charge in [0, 0.05) is 19.0 Å². The predicted octanol–water partition coefficient (Wildman–Crippen LogP) is 4.88. The molecule has 1 N–H and O–H groups in total. The first-order chi connectivity index (χ1) is 13.4. The van der Waals surface area contributed by atoms with Crippen LogP contribution in [0.2, 0.25) is 0 Å². The van der Waals surface area contributed by atoms with Crippen LogP contribution < -0.4 is 5.32 Å². The van der Waals surface area contributed by atoms with Crippen molar-refractivity contribution in [2.24, 2.45) is 11.8 Å². The largest absolute Gasteiger partial charge is 0.450 e. The highest BCUT2D eigenvalue weighted by molar-refractivity contribution is 5.79. The number of likely N-dealkylation sites (tertiary alicyclic amines) is 1. The molecule has 1 fully saturated rings. The van der Waals surface area contributed by atoms with Gasteiger partial charge in [-0.05, 0) is 49.1 Å². The molecule has 0 radical (unpaired) electrons. The molecule has 0 aliphatic carbocycles. The fourth-order valence-electron chi connectivity index (χ4n) is 3.71. The number of nitrogens with one attached hydrogen (secondary N) is 1. The third kappa shape index (κ3) is 5.73. The van der Waals surface area contributed by atoms with Crippen LogP contribution in [-0.4, -0.2) is 36.6 Å². The normalized spacial score (nSPS) is 17.3. The molecule has 0 aromatic heterocycles. The monoisotopic (exact) mass is 388 g/mol. The van der Waals surface area contributed by atoms with E-state index in [4.69, 9.17) is 4.74 Å². The molecular weight excluding hydrogens is 352 g/mol. The standard InChI is InChI=1S/C23H36N2O3/c1-6-17(5)18-8-10-19(11-9-18)21(16(3)4)24-22(26)20-12-14-25(15-13-20)23(27)28-7-2/h8-11,16-17,20-21H,6-7,12-15H2,1-5H3,(H,24,26). The van der Waals surface area contributed by atoms with Gasteiger partial charge in [-0.1, -0.05) is 52.0 Å². The SMILES string of the molecule is CCOC(=O)N1CCC(C(=O)NC(c2ccc(C(C)CC)cc2)C(C)C)CC1. The lowest BCUT2D eigenvalue weighted by atomic mass is 9.90. The fraction of sp³-hybridized carbons (Fsp3) is 0.652. The van der Waals surface area contributed by atoms with Gasteiger partial charge in [0.05, 0.1) is 12.6 Å². The van der Waals surface area contributed by atoms with Crippen LogP contribution in [0.5, 0.6) is 0 Å². The van der Waals surface area contributed by atoms with E-state index in [1.807, 2.05) is 0 Å². The van der Waals surface area contributed by atoms with E-state index in [2.05, 4.69) is 57.3 Å². The molecule has 1 aromatic carbocycles. The summed E-state index contributed by atoms with van der Waals surface area (Å²) in [5, 5.41) is 3.26. The summed E-state index contributed by atoms with van der Waals surface area (Å²) in [5.74, 6) is 0.892. The van der Waals surface area contributed by atoms with E-state index in [1.165, 1.54) is 5.56 Å². The maximum absolute atomic E-state index is 12.9. The molecular formula is C23H36N2O3. The van der Waals surface area contributed by atoms with Crippen LogP contribution in [0.25, 0.3) is 0 Å². The van der Waals surface area contributed by atoms with E-state index in [9.17, 15) is 9.59 Å². The molecule has 1 saturated heterocycles. The van der Waals surface area contributed by atoms with E-state index in [-0.39, 0.29) is 24.0 Å². The molecule has 2 atom stereocenters. The molecule has 28 heavy (non-hydrogen) atoms. The van der Waals surface area contributed by atoms with E-state index in [0.717, 1.165) is 12.0 Å². The molecule has 0 bridgehead atoms. The number of carbonyl (C=O) groups excluding carboxylic acids is 2. The van der Waals surface area contributed by atoms with Gasteiger partial charge in [-0.25, -0.2) is 4.79 Å². The molecule has 1 aliphatic heterocycles. The highest BCUT2D eigenvalue weighted by atomic mass is 16.6. The number of amides is 2. The predicted molar refractivity (Wildman–Crippen MR) is 112 cm³/mol. The van der Waals surface area contributed by atoms with Crippen molar-refractivity contribution in [1.29, 1.82) is 0 Å². The smallest absolute Gasteiger partial charge is 0.409 e. The van der Waals surface area contributed by atoms with Gasteiger partial charge < -0.3 is 15.0 Å². The van der Waals surface area contributed by atoms with Crippen molar-refractivity contribution in [1.82, 2.24) is 10.2 Å². The summed E-state index contributed by atoms with van der Waals surface area (Å²) in [4.78, 5) is 26.4. The first-order valence-corrected chi connectivity index (χ1v) is 10.7. The Hall–Kier alpha value is -2.04. The second kappa shape index (κ2) is 10.5. The molecule has 0 spiro atoms. The van der Waals surface area contributed by atoms with Crippen molar-refractivity contribution < 1.29 is 14.3 Å². The maximum Gasteiger partial charge on any atom is 0.409 e. The molecule has 1 aliphatic rings. The molecule has 2 rings (SSSR count). The Balaban J connectivity index is 1.97. The summed E-state index contributed by atoms with van der Waals surface area (Å²) in [7, 11) is 0. The lowest BCUT2D eigenvalue weighted by molar-refractivity contribution is -0.127. The zero-order valence-electron chi connectivity index (χ0n) is 18.0. The number of hydrogen-bond donors (Lipinski definition) is 1. The minimum Gasteiger partial charge on any atom is -0.450 e. The Bertz CT molecular complexity index is 634. The van der Waals surface area contributed by atoms with E-state index in [1.54, 1.807) is 11.8 Å². The lowest BCUT2D eigenvalue weighted by Crippen LogP contribution is -2.44. The van der Waals surface area contributed by atoms with Crippen LogP contribution in [0.15, 0.2) is 24.3 Å². The number of benzene rings is 1. The fourth-order valence-corrected chi connectivity index (χ4v) is 3.71. The second-order valence-corrected chi connectivity index (χ2v) is 8.17. The summed E-state index contributed by atoms with van der Waals surface area (Å²) in [5.41, 5.74) is 2.49. The number of carbonyl (C=O) groups is 2. The number of ether oxygens (including phenoxy) is 1. The molecule has 1 aromatic rings. The molecule has 5 heteroatoms. The van der Waals surface area contributed by atoms with Gasteiger partial charge in [0.15, 0.2) is 0 Å². The van der Waals surface area contributed by atoms with Gasteiger partial charge in [0.25, 0.3) is 0 Å². The van der Waals surface area contributed by atoms with Crippen LogP contribution in [0.1, 0.15) is 77.0 Å². The summed E-state index contributed by atoms with van der Waals surface area (Å²) in [6.07, 6.45) is 2.21. The summed E-state index contributed by atoms with van der Waals surface area (Å²) < 4.78 is 5.05. The summed E-state index contributed by atoms with van der Waals surface area (Å²) in [6, 6.07) is 8.67. The van der Waals surface area contributed by atoms with Gasteiger partial charge in [-0.2, -0.15) is 0 Å². The van der Waals surface area contributed by atoms with Gasteiger partial charge >= 0.3 is 6.09 Å². The molecule has 2 amide bonds. The topological polar surface area (TPSA) is 58.6 Å². The Labute approximate surface area is 169 Å². The van der Waals surface area contributed by atoms with Crippen LogP contribution in [-0.2, 0) is 9.53 Å². The average molecular weight is 389 g/mol. The molecule has 156 valence electrons. The number of hydrogen-bond acceptors (Lipinski definition) is 3. The average Bonchev–Trinajstić information content (AvgIpc) is 2.71. The van der Waals surface area contributed by atoms with Crippen LogP contribution in [0.4, 0.5) is 4.79 Å². The van der Waals surface area contributed by atoms with E-state index < -0.39 is 0 Å². The Morgan fingerprint density at radius 1 is 1.07 bits per heavy atom. The number of piperidine rings is 1. The minimum absolute atomic E-state index is 0.00145. The van der Waals surface area contributed by atoms with E-state index in [0.29, 0.717) is 44.4 Å². The zero-order valence-corrected chi connectivity index (χ0v) is 18.0. The zero-order chi connectivity index (χ0) is 20.7. The highest BCUT2D eigenvalue weighted by Gasteiger charge is 2.30. The van der Waals surface area contributed by atoms with Crippen LogP contribution in [0.3, 0.4) is 0 Å². The molecule has 1 heterocycles. The Morgan fingerprint density at radius 2 is 1.64 bits per heavy atom. The van der Waals surface area contributed by atoms with E-state index >= 15 is 0 Å². The third-order valence-electron chi connectivity index (χ3n) is 5.83. The maximum atomic E-state index is 12.9. The number of rotatable bonds is 7. The summed E-state index contributed by atoms with van der Waals surface area (Å²) in [6.45, 7) is 12.0.